The topological polar surface area (TPSA) is 127 Å². The number of rotatable bonds is 5. The Balaban J connectivity index is 1.31. The zero-order valence-corrected chi connectivity index (χ0v) is 19.4. The number of anilines is 2. The Hall–Kier alpha value is -3.11. The summed E-state index contributed by atoms with van der Waals surface area (Å²) < 4.78 is 13.0. The van der Waals surface area contributed by atoms with Crippen molar-refractivity contribution in [1.29, 1.82) is 0 Å². The molecule has 3 aliphatic carbocycles. The quantitative estimate of drug-likeness (QED) is 0.656. The zero-order valence-electron chi connectivity index (χ0n) is 19.4. The first kappa shape index (κ1) is 21.7. The average Bonchev–Trinajstić information content (AvgIpc) is 3.49. The Morgan fingerprint density at radius 2 is 1.94 bits per heavy atom. The Labute approximate surface area is 192 Å². The number of esters is 1. The van der Waals surface area contributed by atoms with E-state index in [1.165, 1.54) is 0 Å². The smallest absolute Gasteiger partial charge is 0.324 e. The maximum absolute atomic E-state index is 12.5. The summed E-state index contributed by atoms with van der Waals surface area (Å²) in [6, 6.07) is 2.04. The number of fused-ring (bicyclic) bond motifs is 4. The SMILES string of the molecule is CCOC(=O)C12CCC(c3noc(N4CCn5nc(NC(=O)NC)cc5C4C)n3)(CC1)CC2. The highest BCUT2D eigenvalue weighted by atomic mass is 16.5. The summed E-state index contributed by atoms with van der Waals surface area (Å²) in [4.78, 5) is 31.1. The molecule has 2 aromatic heterocycles. The number of urea groups is 1. The van der Waals surface area contributed by atoms with E-state index >= 15 is 0 Å². The molecule has 2 N–H and O–H groups in total. The van der Waals surface area contributed by atoms with Gasteiger partial charge in [0.25, 0.3) is 0 Å². The number of carbonyl (C=O) groups excluding carboxylic acids is 2. The maximum Gasteiger partial charge on any atom is 0.324 e. The van der Waals surface area contributed by atoms with E-state index in [4.69, 9.17) is 14.2 Å². The minimum Gasteiger partial charge on any atom is -0.466 e. The second-order valence-electron chi connectivity index (χ2n) is 9.43. The van der Waals surface area contributed by atoms with Gasteiger partial charge in [-0.15, -0.1) is 0 Å². The number of amides is 2. The van der Waals surface area contributed by atoms with E-state index in [0.29, 0.717) is 31.5 Å². The van der Waals surface area contributed by atoms with Crippen LogP contribution >= 0.6 is 0 Å². The van der Waals surface area contributed by atoms with Crippen LogP contribution in [0.1, 0.15) is 69.9 Å². The van der Waals surface area contributed by atoms with E-state index in [9.17, 15) is 9.59 Å². The first-order valence-electron chi connectivity index (χ1n) is 11.7. The van der Waals surface area contributed by atoms with Crippen LogP contribution in [-0.2, 0) is 21.5 Å². The number of nitrogens with zero attached hydrogens (tertiary/aromatic N) is 5. The van der Waals surface area contributed by atoms with Crippen molar-refractivity contribution in [2.45, 2.75) is 70.4 Å². The van der Waals surface area contributed by atoms with Crippen molar-refractivity contribution in [2.24, 2.45) is 5.41 Å². The van der Waals surface area contributed by atoms with Crippen LogP contribution in [0.5, 0.6) is 0 Å². The molecule has 6 rings (SSSR count). The largest absolute Gasteiger partial charge is 0.466 e. The standard InChI is InChI=1S/C22H31N7O4/c1-4-32-18(30)22-8-5-21(6-9-22,7-10-22)17-25-20(33-27-17)28-11-12-29-15(14(28)2)13-16(26-29)24-19(31)23-3/h13-14H,4-12H2,1-3H3,(H2,23,24,26,31). The van der Waals surface area contributed by atoms with Crippen molar-refractivity contribution < 1.29 is 18.8 Å². The van der Waals surface area contributed by atoms with E-state index in [0.717, 1.165) is 50.0 Å². The molecule has 0 spiro atoms. The predicted molar refractivity (Wildman–Crippen MR) is 119 cm³/mol. The number of aromatic nitrogens is 4. The molecule has 3 fully saturated rings. The van der Waals surface area contributed by atoms with Gasteiger partial charge in [0.2, 0.25) is 0 Å². The third kappa shape index (κ3) is 3.53. The molecular formula is C22H31N7O4. The fraction of sp³-hybridized carbons (Fsp3) is 0.682. The number of nitrogens with one attached hydrogen (secondary N) is 2. The van der Waals surface area contributed by atoms with Gasteiger partial charge in [-0.05, 0) is 52.4 Å². The van der Waals surface area contributed by atoms with Crippen LogP contribution in [0.15, 0.2) is 10.6 Å². The molecule has 11 heteroatoms. The highest BCUT2D eigenvalue weighted by Gasteiger charge is 2.55. The lowest BCUT2D eigenvalue weighted by Crippen LogP contribution is -2.49. The minimum absolute atomic E-state index is 0.0357. The van der Waals surface area contributed by atoms with Gasteiger partial charge in [0.15, 0.2) is 11.6 Å². The third-order valence-electron chi connectivity index (χ3n) is 7.82. The number of hydrogen-bond acceptors (Lipinski definition) is 8. The van der Waals surface area contributed by atoms with Gasteiger partial charge in [-0.1, -0.05) is 5.16 Å². The van der Waals surface area contributed by atoms with E-state index in [1.54, 1.807) is 7.05 Å². The molecule has 2 bridgehead atoms. The average molecular weight is 458 g/mol. The van der Waals surface area contributed by atoms with Crippen molar-refractivity contribution in [1.82, 2.24) is 25.2 Å². The summed E-state index contributed by atoms with van der Waals surface area (Å²) in [5.41, 5.74) is 0.520. The zero-order chi connectivity index (χ0) is 23.2. The molecule has 33 heavy (non-hydrogen) atoms. The van der Waals surface area contributed by atoms with Gasteiger partial charge in [0, 0.05) is 25.1 Å². The summed E-state index contributed by atoms with van der Waals surface area (Å²) in [7, 11) is 1.57. The lowest BCUT2D eigenvalue weighted by Gasteiger charge is -2.50. The fourth-order valence-electron chi connectivity index (χ4n) is 5.66. The van der Waals surface area contributed by atoms with Crippen molar-refractivity contribution >= 4 is 23.8 Å². The summed E-state index contributed by atoms with van der Waals surface area (Å²) in [6.45, 7) is 5.68. The summed E-state index contributed by atoms with van der Waals surface area (Å²) in [6.07, 6.45) is 5.08. The Kier molecular flexibility index (Phi) is 5.29. The summed E-state index contributed by atoms with van der Waals surface area (Å²) >= 11 is 0. The Bertz CT molecular complexity index is 1040. The van der Waals surface area contributed by atoms with Gasteiger partial charge >= 0.3 is 18.0 Å². The summed E-state index contributed by atoms with van der Waals surface area (Å²) in [5.74, 6) is 1.22. The molecule has 178 valence electrons. The third-order valence-corrected chi connectivity index (χ3v) is 7.82. The molecule has 0 aromatic carbocycles. The molecule has 2 amide bonds. The van der Waals surface area contributed by atoms with Crippen LogP contribution in [0, 0.1) is 5.41 Å². The van der Waals surface area contributed by atoms with E-state index in [2.05, 4.69) is 32.7 Å². The lowest BCUT2D eigenvalue weighted by molar-refractivity contribution is -0.163. The molecular weight excluding hydrogens is 426 g/mol. The van der Waals surface area contributed by atoms with Crippen molar-refractivity contribution in [2.75, 3.05) is 30.4 Å². The molecule has 2 aromatic rings. The minimum atomic E-state index is -0.329. The van der Waals surface area contributed by atoms with Crippen LogP contribution in [-0.4, -0.2) is 52.1 Å². The van der Waals surface area contributed by atoms with Crippen LogP contribution in [0.2, 0.25) is 0 Å². The van der Waals surface area contributed by atoms with Crippen molar-refractivity contribution in [3.63, 3.8) is 0 Å². The second-order valence-corrected chi connectivity index (χ2v) is 9.43. The number of ether oxygens (including phenoxy) is 1. The van der Waals surface area contributed by atoms with Crippen molar-refractivity contribution in [3.8, 4) is 0 Å². The first-order chi connectivity index (χ1) is 15.9. The number of hydrogen-bond donors (Lipinski definition) is 2. The lowest BCUT2D eigenvalue weighted by atomic mass is 9.53. The van der Waals surface area contributed by atoms with Crippen LogP contribution < -0.4 is 15.5 Å². The second kappa shape index (κ2) is 8.03. The van der Waals surface area contributed by atoms with Gasteiger partial charge in [-0.3, -0.25) is 14.8 Å². The maximum atomic E-state index is 12.5. The molecule has 1 aliphatic heterocycles. The van der Waals surface area contributed by atoms with Gasteiger partial charge < -0.3 is 19.5 Å². The Morgan fingerprint density at radius 3 is 2.61 bits per heavy atom. The monoisotopic (exact) mass is 457 g/mol. The molecule has 3 heterocycles. The van der Waals surface area contributed by atoms with E-state index < -0.39 is 0 Å². The van der Waals surface area contributed by atoms with Crippen LogP contribution in [0.25, 0.3) is 0 Å². The molecule has 0 radical (unpaired) electrons. The van der Waals surface area contributed by atoms with E-state index in [-0.39, 0.29) is 28.9 Å². The molecule has 3 saturated carbocycles. The summed E-state index contributed by atoms with van der Waals surface area (Å²) in [5, 5.41) is 14.1. The predicted octanol–water partition coefficient (Wildman–Crippen LogP) is 2.75. The van der Waals surface area contributed by atoms with Crippen molar-refractivity contribution in [3.05, 3.63) is 17.6 Å². The Morgan fingerprint density at radius 1 is 1.21 bits per heavy atom. The molecule has 1 unspecified atom stereocenters. The van der Waals surface area contributed by atoms with E-state index in [1.807, 2.05) is 17.7 Å². The van der Waals surface area contributed by atoms with Gasteiger partial charge in [-0.25, -0.2) is 4.79 Å². The van der Waals surface area contributed by atoms with Gasteiger partial charge in [-0.2, -0.15) is 10.1 Å². The van der Waals surface area contributed by atoms with Crippen LogP contribution in [0.3, 0.4) is 0 Å². The van der Waals surface area contributed by atoms with Crippen LogP contribution in [0.4, 0.5) is 16.6 Å². The normalized spacial score (nSPS) is 28.3. The highest BCUT2D eigenvalue weighted by Crippen LogP contribution is 2.57. The van der Waals surface area contributed by atoms with Gasteiger partial charge in [0.1, 0.15) is 0 Å². The fourth-order valence-corrected chi connectivity index (χ4v) is 5.66. The molecule has 1 atom stereocenters. The number of carbonyl (C=O) groups is 2. The highest BCUT2D eigenvalue weighted by molar-refractivity contribution is 5.88. The molecule has 11 nitrogen and oxygen atoms in total. The van der Waals surface area contributed by atoms with Gasteiger partial charge in [0.05, 0.1) is 30.3 Å². The molecule has 0 saturated heterocycles. The first-order valence-corrected chi connectivity index (χ1v) is 11.7. The molecule has 4 aliphatic rings.